The van der Waals surface area contributed by atoms with Gasteiger partial charge in [0.25, 0.3) is 0 Å². The number of aliphatic carboxylic acids is 1. The summed E-state index contributed by atoms with van der Waals surface area (Å²) in [6, 6.07) is 2.79. The zero-order valence-electron chi connectivity index (χ0n) is 11.3. The minimum Gasteiger partial charge on any atom is -0.480 e. The van der Waals surface area contributed by atoms with E-state index in [1.807, 2.05) is 0 Å². The van der Waals surface area contributed by atoms with Crippen molar-refractivity contribution in [1.29, 1.82) is 0 Å². The molecular formula is C14H17ClFNO4. The zero-order valence-corrected chi connectivity index (χ0v) is 12.1. The number of carboxylic acid groups (broad SMARTS) is 1. The van der Waals surface area contributed by atoms with Crippen molar-refractivity contribution in [2.75, 3.05) is 26.3 Å². The van der Waals surface area contributed by atoms with Gasteiger partial charge < -0.3 is 14.9 Å². The van der Waals surface area contributed by atoms with Crippen LogP contribution < -0.4 is 0 Å². The van der Waals surface area contributed by atoms with Crippen molar-refractivity contribution in [1.82, 2.24) is 4.90 Å². The first-order chi connectivity index (χ1) is 10.0. The van der Waals surface area contributed by atoms with Crippen LogP contribution in [0.5, 0.6) is 0 Å². The Bertz CT molecular complexity index is 514. The summed E-state index contributed by atoms with van der Waals surface area (Å²) in [5.74, 6) is -1.54. The summed E-state index contributed by atoms with van der Waals surface area (Å²) in [5, 5.41) is 18.3. The molecule has 2 unspecified atom stereocenters. The molecule has 1 saturated heterocycles. The number of carbonyl (C=O) groups is 1. The maximum atomic E-state index is 13.1. The van der Waals surface area contributed by atoms with Crippen molar-refractivity contribution in [2.24, 2.45) is 0 Å². The van der Waals surface area contributed by atoms with Gasteiger partial charge >= 0.3 is 5.97 Å². The maximum Gasteiger partial charge on any atom is 0.325 e. The fraction of sp³-hybridized carbons (Fsp3) is 0.500. The van der Waals surface area contributed by atoms with E-state index in [4.69, 9.17) is 21.4 Å². The van der Waals surface area contributed by atoms with E-state index in [1.54, 1.807) is 4.90 Å². The van der Waals surface area contributed by atoms with Crippen LogP contribution in [0.1, 0.15) is 18.0 Å². The summed E-state index contributed by atoms with van der Waals surface area (Å²) in [6.45, 7) is 1.14. The Kier molecular flexibility index (Phi) is 5.52. The van der Waals surface area contributed by atoms with Crippen LogP contribution in [0.15, 0.2) is 18.2 Å². The Morgan fingerprint density at radius 2 is 2.33 bits per heavy atom. The number of halogens is 2. The second-order valence-electron chi connectivity index (χ2n) is 4.91. The monoisotopic (exact) mass is 317 g/mol. The normalized spacial score (nSPS) is 20.6. The summed E-state index contributed by atoms with van der Waals surface area (Å²) >= 11 is 5.97. The van der Waals surface area contributed by atoms with E-state index in [2.05, 4.69) is 0 Å². The van der Waals surface area contributed by atoms with E-state index in [1.165, 1.54) is 12.1 Å². The van der Waals surface area contributed by atoms with E-state index in [9.17, 15) is 14.3 Å². The first kappa shape index (κ1) is 16.2. The van der Waals surface area contributed by atoms with Crippen molar-refractivity contribution >= 4 is 17.6 Å². The van der Waals surface area contributed by atoms with Gasteiger partial charge in [-0.2, -0.15) is 0 Å². The third kappa shape index (κ3) is 3.91. The third-order valence-corrected chi connectivity index (χ3v) is 3.80. The van der Waals surface area contributed by atoms with Gasteiger partial charge in [-0.05, 0) is 24.1 Å². The van der Waals surface area contributed by atoms with Crippen LogP contribution >= 0.6 is 11.6 Å². The van der Waals surface area contributed by atoms with Gasteiger partial charge in [-0.25, -0.2) is 4.39 Å². The Balaban J connectivity index is 2.15. The highest BCUT2D eigenvalue weighted by Crippen LogP contribution is 2.31. The smallest absolute Gasteiger partial charge is 0.325 e. The maximum absolute atomic E-state index is 13.1. The predicted molar refractivity (Wildman–Crippen MR) is 74.8 cm³/mol. The van der Waals surface area contributed by atoms with Gasteiger partial charge in [0.15, 0.2) is 0 Å². The molecule has 1 heterocycles. The SMILES string of the molecule is O=C(O)C(c1ccc(F)cc1Cl)N1CCC(OCCO)C1. The molecule has 0 amide bonds. The molecule has 0 aliphatic carbocycles. The number of hydrogen-bond acceptors (Lipinski definition) is 4. The number of rotatable bonds is 6. The van der Waals surface area contributed by atoms with Gasteiger partial charge in [0.1, 0.15) is 11.9 Å². The molecule has 21 heavy (non-hydrogen) atoms. The van der Waals surface area contributed by atoms with Crippen LogP contribution in [0.4, 0.5) is 4.39 Å². The quantitative estimate of drug-likeness (QED) is 0.835. The van der Waals surface area contributed by atoms with Gasteiger partial charge in [-0.3, -0.25) is 9.69 Å². The lowest BCUT2D eigenvalue weighted by atomic mass is 10.1. The molecule has 7 heteroatoms. The summed E-state index contributed by atoms with van der Waals surface area (Å²) in [6.07, 6.45) is 0.570. The zero-order chi connectivity index (χ0) is 15.4. The molecule has 0 saturated carbocycles. The molecule has 1 aromatic rings. The number of benzene rings is 1. The molecule has 0 spiro atoms. The Morgan fingerprint density at radius 3 is 2.95 bits per heavy atom. The van der Waals surface area contributed by atoms with Gasteiger partial charge in [-0.15, -0.1) is 0 Å². The molecular weight excluding hydrogens is 301 g/mol. The number of aliphatic hydroxyl groups excluding tert-OH is 1. The number of hydrogen-bond donors (Lipinski definition) is 2. The van der Waals surface area contributed by atoms with Crippen molar-refractivity contribution in [2.45, 2.75) is 18.6 Å². The molecule has 1 aliphatic heterocycles. The lowest BCUT2D eigenvalue weighted by molar-refractivity contribution is -0.143. The van der Waals surface area contributed by atoms with Crippen LogP contribution in [-0.4, -0.2) is 53.5 Å². The minimum absolute atomic E-state index is 0.0668. The van der Waals surface area contributed by atoms with Crippen LogP contribution in [0, 0.1) is 5.82 Å². The van der Waals surface area contributed by atoms with Crippen molar-refractivity contribution < 1.29 is 24.1 Å². The Hall–Kier alpha value is -1.21. The molecule has 0 bridgehead atoms. The van der Waals surface area contributed by atoms with Crippen molar-refractivity contribution in [3.63, 3.8) is 0 Å². The Labute approximate surface area is 126 Å². The van der Waals surface area contributed by atoms with Crippen molar-refractivity contribution in [3.8, 4) is 0 Å². The molecule has 2 atom stereocenters. The Morgan fingerprint density at radius 1 is 1.57 bits per heavy atom. The molecule has 5 nitrogen and oxygen atoms in total. The van der Waals surface area contributed by atoms with Gasteiger partial charge in [0, 0.05) is 18.1 Å². The minimum atomic E-state index is -1.04. The van der Waals surface area contributed by atoms with Crippen LogP contribution in [0.25, 0.3) is 0 Å². The first-order valence-electron chi connectivity index (χ1n) is 6.67. The van der Waals surface area contributed by atoms with Gasteiger partial charge in [0.05, 0.1) is 19.3 Å². The molecule has 0 radical (unpaired) electrons. The molecule has 1 aliphatic rings. The highest BCUT2D eigenvalue weighted by Gasteiger charge is 2.35. The second-order valence-corrected chi connectivity index (χ2v) is 5.31. The summed E-state index contributed by atoms with van der Waals surface area (Å²) in [4.78, 5) is 13.3. The highest BCUT2D eigenvalue weighted by atomic mass is 35.5. The molecule has 1 aromatic carbocycles. The second kappa shape index (κ2) is 7.17. The highest BCUT2D eigenvalue weighted by molar-refractivity contribution is 6.31. The molecule has 1 fully saturated rings. The molecule has 0 aromatic heterocycles. The lowest BCUT2D eigenvalue weighted by Gasteiger charge is -2.25. The largest absolute Gasteiger partial charge is 0.480 e. The third-order valence-electron chi connectivity index (χ3n) is 3.48. The number of aliphatic hydroxyl groups is 1. The van der Waals surface area contributed by atoms with E-state index in [-0.39, 0.29) is 24.3 Å². The fourth-order valence-corrected chi connectivity index (χ4v) is 2.82. The van der Waals surface area contributed by atoms with E-state index in [0.29, 0.717) is 25.1 Å². The number of nitrogens with zero attached hydrogens (tertiary/aromatic N) is 1. The standard InChI is InChI=1S/C14H17ClFNO4/c15-12-7-9(16)1-2-11(12)13(14(19)20)17-4-3-10(8-17)21-6-5-18/h1-2,7,10,13,18H,3-6,8H2,(H,19,20). The number of likely N-dealkylation sites (tertiary alicyclic amines) is 1. The van der Waals surface area contributed by atoms with E-state index >= 15 is 0 Å². The van der Waals surface area contributed by atoms with Crippen LogP contribution in [-0.2, 0) is 9.53 Å². The lowest BCUT2D eigenvalue weighted by Crippen LogP contribution is -2.33. The van der Waals surface area contributed by atoms with E-state index < -0.39 is 17.8 Å². The van der Waals surface area contributed by atoms with E-state index in [0.717, 1.165) is 6.07 Å². The summed E-state index contributed by atoms with van der Waals surface area (Å²) < 4.78 is 18.5. The fourth-order valence-electron chi connectivity index (χ4n) is 2.55. The molecule has 116 valence electrons. The molecule has 2 N–H and O–H groups in total. The van der Waals surface area contributed by atoms with Crippen LogP contribution in [0.2, 0.25) is 5.02 Å². The first-order valence-corrected chi connectivity index (χ1v) is 7.05. The average Bonchev–Trinajstić information content (AvgIpc) is 2.87. The van der Waals surface area contributed by atoms with Gasteiger partial charge in [-0.1, -0.05) is 17.7 Å². The summed E-state index contributed by atoms with van der Waals surface area (Å²) in [7, 11) is 0. The number of carboxylic acids is 1. The van der Waals surface area contributed by atoms with Gasteiger partial charge in [0.2, 0.25) is 0 Å². The summed E-state index contributed by atoms with van der Waals surface area (Å²) in [5.41, 5.74) is 0.369. The topological polar surface area (TPSA) is 70.0 Å². The number of ether oxygens (including phenoxy) is 1. The molecule has 2 rings (SSSR count). The predicted octanol–water partition coefficient (Wildman–Crippen LogP) is 1.69. The average molecular weight is 318 g/mol. The van der Waals surface area contributed by atoms with Crippen LogP contribution in [0.3, 0.4) is 0 Å². The van der Waals surface area contributed by atoms with Crippen molar-refractivity contribution in [3.05, 3.63) is 34.6 Å².